The van der Waals surface area contributed by atoms with Gasteiger partial charge in [-0.15, -0.1) is 0 Å². The summed E-state index contributed by atoms with van der Waals surface area (Å²) in [6, 6.07) is 1.21. The van der Waals surface area contributed by atoms with Crippen LogP contribution in [-0.4, -0.2) is 30.2 Å². The highest BCUT2D eigenvalue weighted by molar-refractivity contribution is 7.89. The van der Waals surface area contributed by atoms with Crippen LogP contribution in [0.25, 0.3) is 0 Å². The van der Waals surface area contributed by atoms with E-state index < -0.39 is 10.0 Å². The molecule has 0 bridgehead atoms. The summed E-state index contributed by atoms with van der Waals surface area (Å²) in [5.74, 6) is -0.299. The van der Waals surface area contributed by atoms with Crippen molar-refractivity contribution in [3.05, 3.63) is 22.4 Å². The van der Waals surface area contributed by atoms with Crippen molar-refractivity contribution >= 4 is 39.1 Å². The Balaban J connectivity index is 2.31. The summed E-state index contributed by atoms with van der Waals surface area (Å²) in [5, 5.41) is 0.0757. The van der Waals surface area contributed by atoms with Gasteiger partial charge in [-0.1, -0.05) is 36.5 Å². The van der Waals surface area contributed by atoms with Crippen molar-refractivity contribution in [2.75, 3.05) is 6.54 Å². The summed E-state index contributed by atoms with van der Waals surface area (Å²) in [6.07, 6.45) is 3.13. The van der Waals surface area contributed by atoms with Crippen molar-refractivity contribution in [1.29, 1.82) is 0 Å². The zero-order valence-electron chi connectivity index (χ0n) is 10.8. The fourth-order valence-electron chi connectivity index (χ4n) is 2.26. The van der Waals surface area contributed by atoms with Crippen LogP contribution in [0.2, 0.25) is 10.2 Å². The van der Waals surface area contributed by atoms with Crippen LogP contribution < -0.4 is 0 Å². The molecule has 8 heteroatoms. The second kappa shape index (κ2) is 5.87. The van der Waals surface area contributed by atoms with Crippen LogP contribution in [-0.2, 0) is 14.8 Å². The molecule has 1 aromatic heterocycles. The lowest BCUT2D eigenvalue weighted by Gasteiger charge is -2.17. The molecule has 5 nitrogen and oxygen atoms in total. The maximum Gasteiger partial charge on any atom is 0.268 e. The molecule has 1 atom stereocenters. The van der Waals surface area contributed by atoms with Crippen molar-refractivity contribution in [2.24, 2.45) is 5.92 Å². The Kier molecular flexibility index (Phi) is 4.56. The van der Waals surface area contributed by atoms with Gasteiger partial charge in [-0.3, -0.25) is 4.79 Å². The number of pyridine rings is 1. The van der Waals surface area contributed by atoms with Crippen LogP contribution in [0.15, 0.2) is 17.2 Å². The number of hydrogen-bond acceptors (Lipinski definition) is 4. The highest BCUT2D eigenvalue weighted by Gasteiger charge is 2.38. The number of nitrogens with zero attached hydrogens (tertiary/aromatic N) is 2. The monoisotopic (exact) mass is 336 g/mol. The molecule has 2 heterocycles. The van der Waals surface area contributed by atoms with Crippen LogP contribution >= 0.6 is 23.2 Å². The molecule has 20 heavy (non-hydrogen) atoms. The number of carbonyl (C=O) groups excluding carboxylic acids is 1. The lowest BCUT2D eigenvalue weighted by atomic mass is 10.0. The molecular formula is C12H14Cl2N2O3S. The van der Waals surface area contributed by atoms with Crippen molar-refractivity contribution in [1.82, 2.24) is 9.29 Å². The lowest BCUT2D eigenvalue weighted by Crippen LogP contribution is -2.32. The Bertz CT molecular complexity index is 634. The van der Waals surface area contributed by atoms with Gasteiger partial charge in [-0.05, 0) is 18.4 Å². The largest absolute Gasteiger partial charge is 0.274 e. The van der Waals surface area contributed by atoms with Crippen LogP contribution in [0, 0.1) is 5.92 Å². The van der Waals surface area contributed by atoms with E-state index in [9.17, 15) is 13.2 Å². The zero-order valence-corrected chi connectivity index (χ0v) is 13.2. The molecule has 0 aliphatic carbocycles. The summed E-state index contributed by atoms with van der Waals surface area (Å²) in [5.41, 5.74) is 0. The van der Waals surface area contributed by atoms with Gasteiger partial charge in [0.25, 0.3) is 10.0 Å². The average molecular weight is 337 g/mol. The lowest BCUT2D eigenvalue weighted by molar-refractivity contribution is -0.123. The van der Waals surface area contributed by atoms with Crippen molar-refractivity contribution in [3.8, 4) is 0 Å². The van der Waals surface area contributed by atoms with Gasteiger partial charge >= 0.3 is 0 Å². The molecule has 2 rings (SSSR count). The summed E-state index contributed by atoms with van der Waals surface area (Å²) >= 11 is 11.4. The van der Waals surface area contributed by atoms with E-state index in [1.54, 1.807) is 0 Å². The summed E-state index contributed by atoms with van der Waals surface area (Å²) in [7, 11) is -3.90. The van der Waals surface area contributed by atoms with E-state index in [2.05, 4.69) is 4.98 Å². The number of amides is 1. The van der Waals surface area contributed by atoms with Gasteiger partial charge in [0.05, 0.1) is 5.02 Å². The maximum atomic E-state index is 12.4. The van der Waals surface area contributed by atoms with Gasteiger partial charge in [0, 0.05) is 19.2 Å². The van der Waals surface area contributed by atoms with E-state index >= 15 is 0 Å². The van der Waals surface area contributed by atoms with Crippen LogP contribution in [0.5, 0.6) is 0 Å². The molecule has 110 valence electrons. The van der Waals surface area contributed by atoms with E-state index in [4.69, 9.17) is 23.2 Å². The number of sulfonamides is 1. The molecule has 0 aromatic carbocycles. The normalized spacial score (nSPS) is 19.6. The van der Waals surface area contributed by atoms with E-state index in [0.29, 0.717) is 0 Å². The van der Waals surface area contributed by atoms with Gasteiger partial charge in [0.15, 0.2) is 0 Å². The van der Waals surface area contributed by atoms with E-state index in [1.165, 1.54) is 6.07 Å². The van der Waals surface area contributed by atoms with Crippen molar-refractivity contribution in [2.45, 2.75) is 31.1 Å². The van der Waals surface area contributed by atoms with Crippen molar-refractivity contribution in [3.63, 3.8) is 0 Å². The molecular weight excluding hydrogens is 323 g/mol. The van der Waals surface area contributed by atoms with Crippen molar-refractivity contribution < 1.29 is 13.2 Å². The first kappa shape index (κ1) is 15.5. The SMILES string of the molecule is CCCC1CC(=O)N(S(=O)(=O)c2cnc(Cl)c(Cl)c2)C1. The van der Waals surface area contributed by atoms with Gasteiger partial charge in [-0.25, -0.2) is 17.7 Å². The molecule has 1 fully saturated rings. The van der Waals surface area contributed by atoms with Gasteiger partial charge in [-0.2, -0.15) is 0 Å². The summed E-state index contributed by atoms with van der Waals surface area (Å²) in [4.78, 5) is 15.5. The Morgan fingerprint density at radius 2 is 2.15 bits per heavy atom. The first-order chi connectivity index (χ1) is 9.36. The van der Waals surface area contributed by atoms with E-state index in [-0.39, 0.29) is 39.9 Å². The molecule has 0 radical (unpaired) electrons. The fraction of sp³-hybridized carbons (Fsp3) is 0.500. The minimum Gasteiger partial charge on any atom is -0.274 e. The van der Waals surface area contributed by atoms with Gasteiger partial charge in [0.1, 0.15) is 10.0 Å². The molecule has 0 saturated carbocycles. The Morgan fingerprint density at radius 3 is 2.75 bits per heavy atom. The molecule has 1 aromatic rings. The maximum absolute atomic E-state index is 12.4. The third-order valence-corrected chi connectivity index (χ3v) is 5.66. The highest BCUT2D eigenvalue weighted by atomic mass is 35.5. The van der Waals surface area contributed by atoms with Gasteiger partial charge in [0.2, 0.25) is 5.91 Å². The zero-order chi connectivity index (χ0) is 14.9. The van der Waals surface area contributed by atoms with Crippen LogP contribution in [0.1, 0.15) is 26.2 Å². The molecule has 1 aliphatic heterocycles. The third-order valence-electron chi connectivity index (χ3n) is 3.22. The molecule has 0 N–H and O–H groups in total. The summed E-state index contributed by atoms with van der Waals surface area (Å²) < 4.78 is 25.8. The Labute approximate surface area is 127 Å². The van der Waals surface area contributed by atoms with Crippen LogP contribution in [0.3, 0.4) is 0 Å². The first-order valence-electron chi connectivity index (χ1n) is 6.23. The second-order valence-electron chi connectivity index (χ2n) is 4.73. The quantitative estimate of drug-likeness (QED) is 0.793. The summed E-state index contributed by atoms with van der Waals surface area (Å²) in [6.45, 7) is 2.22. The number of rotatable bonds is 4. The highest BCUT2D eigenvalue weighted by Crippen LogP contribution is 2.29. The number of halogens is 2. The van der Waals surface area contributed by atoms with Crippen LogP contribution in [0.4, 0.5) is 0 Å². The van der Waals surface area contributed by atoms with Gasteiger partial charge < -0.3 is 0 Å². The predicted octanol–water partition coefficient (Wildman–Crippen LogP) is 2.73. The molecule has 1 aliphatic rings. The van der Waals surface area contributed by atoms with E-state index in [1.807, 2.05) is 6.92 Å². The molecule has 1 unspecified atom stereocenters. The Hall–Kier alpha value is -0.850. The number of aromatic nitrogens is 1. The van der Waals surface area contributed by atoms with E-state index in [0.717, 1.165) is 23.3 Å². The second-order valence-corrected chi connectivity index (χ2v) is 7.36. The third kappa shape index (κ3) is 2.92. The standard InChI is InChI=1S/C12H14Cl2N2O3S/c1-2-3-8-4-11(17)16(7-8)20(18,19)9-5-10(13)12(14)15-6-9/h5-6,8H,2-4,7H2,1H3. The molecule has 1 amide bonds. The molecule has 0 spiro atoms. The Morgan fingerprint density at radius 1 is 1.45 bits per heavy atom. The minimum atomic E-state index is -3.90. The first-order valence-corrected chi connectivity index (χ1v) is 8.42. The topological polar surface area (TPSA) is 67.3 Å². The predicted molar refractivity (Wildman–Crippen MR) is 76.2 cm³/mol. The average Bonchev–Trinajstić information content (AvgIpc) is 2.75. The number of carbonyl (C=O) groups is 1. The fourth-order valence-corrected chi connectivity index (χ4v) is 4.05. The number of hydrogen-bond donors (Lipinski definition) is 0. The minimum absolute atomic E-state index is 0.0298. The molecule has 1 saturated heterocycles. The smallest absolute Gasteiger partial charge is 0.268 e.